The van der Waals surface area contributed by atoms with E-state index in [0.717, 1.165) is 11.0 Å². The van der Waals surface area contributed by atoms with E-state index in [1.807, 2.05) is 24.3 Å². The smallest absolute Gasteiger partial charge is 0 e. The number of fused-ring (bicyclic) bond motifs is 1. The first-order chi connectivity index (χ1) is 6.92. The monoisotopic (exact) mass is 561 g/mol. The van der Waals surface area contributed by atoms with Gasteiger partial charge in [-0.1, -0.05) is 24.3 Å². The third-order valence-electron chi connectivity index (χ3n) is 1.19. The van der Waals surface area contributed by atoms with Crippen LogP contribution in [0.25, 0.3) is 11.0 Å². The van der Waals surface area contributed by atoms with Crippen molar-refractivity contribution in [3.05, 3.63) is 54.0 Å². The van der Waals surface area contributed by atoms with Crippen LogP contribution >= 0.6 is 7.81 Å². The molecule has 21 heavy (non-hydrogen) atoms. The van der Waals surface area contributed by atoms with Gasteiger partial charge in [0.15, 0.2) is 0 Å². The van der Waals surface area contributed by atoms with E-state index in [2.05, 4.69) is 15.4 Å². The molecule has 0 aliphatic carbocycles. The van der Waals surface area contributed by atoms with Crippen LogP contribution in [0.5, 0.6) is 0 Å². The van der Waals surface area contributed by atoms with Gasteiger partial charge in [0.1, 0.15) is 0 Å². The summed E-state index contributed by atoms with van der Waals surface area (Å²) in [6.07, 6.45) is 0. The van der Waals surface area contributed by atoms with Crippen LogP contribution in [0.15, 0.2) is 24.3 Å². The van der Waals surface area contributed by atoms with Gasteiger partial charge in [0.05, 0.1) is 0 Å². The molecule has 2 rings (SSSR count). The number of aromatic nitrogens is 3. The largest absolute Gasteiger partial charge is 0.358 e. The van der Waals surface area contributed by atoms with Crippen LogP contribution in [0.2, 0.25) is 0 Å². The molecule has 1 aromatic carbocycles. The number of nitrogens with zero attached hydrogens (tertiary/aromatic N) is 3. The Balaban J connectivity index is -0.0000000673. The molecule has 0 radical (unpaired) electrons. The maximum atomic E-state index is 9.87. The van der Waals surface area contributed by atoms with Crippen molar-refractivity contribution in [1.29, 1.82) is 0 Å². The van der Waals surface area contributed by atoms with Gasteiger partial charge in [-0.2, -0.15) is 0 Å². The van der Waals surface area contributed by atoms with Crippen molar-refractivity contribution in [1.82, 2.24) is 15.4 Å². The first kappa shape index (κ1) is 32.6. The van der Waals surface area contributed by atoms with Crippen LogP contribution in [-0.4, -0.2) is 10.3 Å². The van der Waals surface area contributed by atoms with Crippen LogP contribution in [0, 0.1) is 60.8 Å². The van der Waals surface area contributed by atoms with E-state index in [1.54, 1.807) is 0 Å². The van der Waals surface area contributed by atoms with Crippen molar-refractivity contribution in [2.75, 3.05) is 0 Å². The molecule has 0 bridgehead atoms. The zero-order valence-corrected chi connectivity index (χ0v) is 16.9. The predicted molar refractivity (Wildman–Crippen MR) is 72.1 cm³/mol. The second kappa shape index (κ2) is 8.96. The molecule has 0 saturated carbocycles. The summed E-state index contributed by atoms with van der Waals surface area (Å²) in [4.78, 5) is 0. The van der Waals surface area contributed by atoms with Gasteiger partial charge in [-0.15, -0.1) is 0 Å². The van der Waals surface area contributed by atoms with Crippen LogP contribution in [0.1, 0.15) is 0 Å². The zero-order valence-electron chi connectivity index (χ0n) is 11.9. The number of benzene rings is 1. The van der Waals surface area contributed by atoms with Crippen molar-refractivity contribution < 1.29 is 56.3 Å². The molecule has 128 valence electrons. The van der Waals surface area contributed by atoms with Crippen LogP contribution in [-0.2, 0) is 0 Å². The van der Waals surface area contributed by atoms with Gasteiger partial charge in [-0.05, 0) is 11.0 Å². The minimum absolute atomic E-state index is 0. The van der Waals surface area contributed by atoms with E-state index in [0.29, 0.717) is 0 Å². The fourth-order valence-corrected chi connectivity index (χ4v) is 0.752. The molecule has 0 aliphatic rings. The molecule has 11 heteroatoms. The first-order valence-electron chi connectivity index (χ1n) is 3.69. The van der Waals surface area contributed by atoms with Gasteiger partial charge in [0.25, 0.3) is 0 Å². The third kappa shape index (κ3) is 22.1. The average molecular weight is 561 g/mol. The topological polar surface area (TPSA) is 39.9 Å². The maximum Gasteiger partial charge on any atom is 0 e. The summed E-state index contributed by atoms with van der Waals surface area (Å²) in [5, 5.41) is 11.0. The maximum absolute atomic E-state index is 10.7. The van der Waals surface area contributed by atoms with Gasteiger partial charge in [-0.3, -0.25) is 5.21 Å². The Morgan fingerprint density at radius 2 is 1.19 bits per heavy atom. The van der Waals surface area contributed by atoms with Crippen LogP contribution < -0.4 is 5.10 Å². The molecule has 0 saturated heterocycles. The average Bonchev–Trinajstić information content (AvgIpc) is 2.44. The van der Waals surface area contributed by atoms with Crippen molar-refractivity contribution >= 4 is 18.8 Å². The van der Waals surface area contributed by atoms with Crippen LogP contribution in [0.4, 0.5) is 25.2 Å². The minimum atomic E-state index is -10.7. The molecule has 0 unspecified atom stereocenters. The molecule has 0 N–H and O–H groups in total. The quantitative estimate of drug-likeness (QED) is 0.233. The van der Waals surface area contributed by atoms with Gasteiger partial charge >= 0.3 is 33.0 Å². The Morgan fingerprint density at radius 1 is 0.810 bits per heavy atom. The summed E-state index contributed by atoms with van der Waals surface area (Å²) in [5.74, 6) is 0. The summed E-state index contributed by atoms with van der Waals surface area (Å²) in [6.45, 7) is 0. The molecule has 1 aromatic heterocycles. The van der Waals surface area contributed by atoms with Gasteiger partial charge in [-0.25, -0.2) is 0 Å². The van der Waals surface area contributed by atoms with Gasteiger partial charge in [0.2, 0.25) is 0 Å². The Hall–Kier alpha value is -0.318. The Morgan fingerprint density at radius 3 is 1.57 bits per heavy atom. The van der Waals surface area contributed by atoms with Crippen molar-refractivity contribution in [2.24, 2.45) is 0 Å². The van der Waals surface area contributed by atoms with Crippen LogP contribution in [0.3, 0.4) is 0 Å². The number of hydrogen-bond acceptors (Lipinski definition) is 2. The number of hydrogen-bond donors (Lipinski definition) is 0. The Labute approximate surface area is 144 Å². The molecule has 0 atom stereocenters. The van der Waals surface area contributed by atoms with E-state index in [4.69, 9.17) is 0 Å². The summed E-state index contributed by atoms with van der Waals surface area (Å²) in [5.41, 5.74) is 1.72. The van der Waals surface area contributed by atoms with Crippen molar-refractivity contribution in [2.45, 2.75) is 0 Å². The minimum Gasteiger partial charge on any atom is -0.358 e. The molecule has 3 nitrogen and oxygen atoms in total. The Kier molecular flexibility index (Phi) is 13.9. The molecule has 2 aromatic rings. The summed E-state index contributed by atoms with van der Waals surface area (Å²) < 4.78 is 59.2. The third-order valence-corrected chi connectivity index (χ3v) is 1.19. The van der Waals surface area contributed by atoms with Gasteiger partial charge < -0.3 is 39.9 Å². The van der Waals surface area contributed by atoms with E-state index >= 15 is 0 Å². The molecule has 1 heterocycles. The van der Waals surface area contributed by atoms with E-state index in [9.17, 15) is 25.2 Å². The predicted octanol–water partition coefficient (Wildman–Crippen LogP) is 5.77. The second-order valence-electron chi connectivity index (χ2n) is 2.74. The van der Waals surface area contributed by atoms with Gasteiger partial charge in [0, 0.05) is 31.1 Å². The summed E-state index contributed by atoms with van der Waals surface area (Å²) >= 11 is 0. The molecule has 0 fully saturated rings. The molecular formula is C10H16F6N3PU-6. The normalized spacial score (nSPS) is 12.1. The summed E-state index contributed by atoms with van der Waals surface area (Å²) in [6, 6.07) is 7.60. The summed E-state index contributed by atoms with van der Waals surface area (Å²) in [7, 11) is -10.7. The fourth-order valence-electron chi connectivity index (χ4n) is 0.752. The van der Waals surface area contributed by atoms with E-state index in [1.165, 1.54) is 0 Å². The molecular weight excluding hydrogens is 545 g/mol. The Bertz CT molecular complexity index is 457. The van der Waals surface area contributed by atoms with Crippen molar-refractivity contribution in [3.63, 3.8) is 0 Å². The number of rotatable bonds is 0. The van der Waals surface area contributed by atoms with E-state index in [-0.39, 0.29) is 60.8 Å². The number of halogens is 6. The fraction of sp³-hybridized carbons (Fsp3) is 0. The second-order valence-corrected chi connectivity index (χ2v) is 4.65. The standard InChI is InChI=1S/C6H4N3.4CH3.F6P.U/c1-2-4-6-5(3-1)7-9-8-6;;;;;1-7(2,3,4,5)6;/h1-4H;4*1H3;;/q6*-1;. The van der Waals surface area contributed by atoms with E-state index < -0.39 is 7.81 Å². The zero-order chi connectivity index (χ0) is 12.5. The molecule has 0 spiro atoms. The molecule has 0 amide bonds. The molecule has 0 aliphatic heterocycles. The first-order valence-corrected chi connectivity index (χ1v) is 5.72. The SMILES string of the molecule is F[P-](F)(F)(F)(F)F.[CH3-].[CH3-].[CH3-].[CH3-].[U].c1ccc2[n-]nnc2c1. The van der Waals surface area contributed by atoms with Crippen molar-refractivity contribution in [3.8, 4) is 0 Å².